The summed E-state index contributed by atoms with van der Waals surface area (Å²) < 4.78 is 18.1. The number of methoxy groups -OCH3 is 1. The molecule has 1 aliphatic carbocycles. The van der Waals surface area contributed by atoms with Gasteiger partial charge in [-0.05, 0) is 61.8 Å². The van der Waals surface area contributed by atoms with Crippen molar-refractivity contribution in [3.05, 3.63) is 21.7 Å². The molecule has 0 unspecified atom stereocenters. The molecule has 6 heteroatoms. The lowest BCUT2D eigenvalue weighted by atomic mass is 9.85. The van der Waals surface area contributed by atoms with Crippen LogP contribution in [0.4, 0.5) is 0 Å². The number of nitrogens with zero attached hydrogens (tertiary/aromatic N) is 1. The van der Waals surface area contributed by atoms with Gasteiger partial charge in [0, 0.05) is 24.9 Å². The molecule has 1 saturated carbocycles. The first-order valence-corrected chi connectivity index (χ1v) is 9.08. The van der Waals surface area contributed by atoms with E-state index in [2.05, 4.69) is 34.9 Å². The van der Waals surface area contributed by atoms with E-state index in [1.165, 1.54) is 7.11 Å². The molecule has 1 aromatic rings. The van der Waals surface area contributed by atoms with Gasteiger partial charge in [0.15, 0.2) is 11.5 Å². The lowest BCUT2D eigenvalue weighted by Crippen LogP contribution is -2.43. The van der Waals surface area contributed by atoms with E-state index in [1.54, 1.807) is 6.07 Å². The lowest BCUT2D eigenvalue weighted by Gasteiger charge is -2.36. The number of halogens is 1. The number of esters is 1. The van der Waals surface area contributed by atoms with Crippen LogP contribution < -0.4 is 9.47 Å². The molecule has 0 N–H and O–H groups in total. The molecule has 0 radical (unpaired) electrons. The fraction of sp³-hybridized carbons (Fsp3) is 0.611. The summed E-state index contributed by atoms with van der Waals surface area (Å²) in [6.45, 7) is 2.97. The standard InChI is InChI=1S/C18H24BrNO4/c1-11-13(17(21)22-4)9-14(19)16-15(11)23-18(24-16)7-5-12(6-8-18)10-20(2)3/h9,12H,5-8,10H2,1-4H3. The molecule has 1 aromatic carbocycles. The molecule has 1 aliphatic heterocycles. The van der Waals surface area contributed by atoms with Crippen LogP contribution in [0.5, 0.6) is 11.5 Å². The van der Waals surface area contributed by atoms with E-state index in [4.69, 9.17) is 14.2 Å². The van der Waals surface area contributed by atoms with E-state index < -0.39 is 5.79 Å². The van der Waals surface area contributed by atoms with Crippen LogP contribution in [0.1, 0.15) is 41.6 Å². The number of fused-ring (bicyclic) bond motifs is 1. The molecule has 24 heavy (non-hydrogen) atoms. The van der Waals surface area contributed by atoms with Gasteiger partial charge in [0.2, 0.25) is 0 Å². The molecule has 0 bridgehead atoms. The van der Waals surface area contributed by atoms with Crippen molar-refractivity contribution in [2.24, 2.45) is 5.92 Å². The molecule has 0 saturated heterocycles. The molecule has 1 spiro atoms. The molecule has 2 aliphatic rings. The number of benzene rings is 1. The Labute approximate surface area is 151 Å². The molecular weight excluding hydrogens is 374 g/mol. The fourth-order valence-electron chi connectivity index (χ4n) is 3.65. The van der Waals surface area contributed by atoms with Crippen molar-refractivity contribution in [3.63, 3.8) is 0 Å². The lowest BCUT2D eigenvalue weighted by molar-refractivity contribution is -0.115. The minimum absolute atomic E-state index is 0.366. The minimum Gasteiger partial charge on any atom is -0.465 e. The second-order valence-corrected chi connectivity index (χ2v) is 7.86. The summed E-state index contributed by atoms with van der Waals surface area (Å²) in [5.74, 6) is 1.08. The Kier molecular flexibility index (Phi) is 4.80. The molecule has 1 fully saturated rings. The summed E-state index contributed by atoms with van der Waals surface area (Å²) in [4.78, 5) is 14.2. The molecule has 0 aromatic heterocycles. The summed E-state index contributed by atoms with van der Waals surface area (Å²) in [7, 11) is 5.60. The Morgan fingerprint density at radius 1 is 1.33 bits per heavy atom. The summed E-state index contributed by atoms with van der Waals surface area (Å²) in [5, 5.41) is 0. The zero-order valence-electron chi connectivity index (χ0n) is 14.6. The first-order valence-electron chi connectivity index (χ1n) is 8.29. The highest BCUT2D eigenvalue weighted by Crippen LogP contribution is 2.52. The van der Waals surface area contributed by atoms with E-state index in [1.807, 2.05) is 6.92 Å². The van der Waals surface area contributed by atoms with Crippen molar-refractivity contribution in [1.29, 1.82) is 0 Å². The van der Waals surface area contributed by atoms with Crippen molar-refractivity contribution in [2.75, 3.05) is 27.7 Å². The fourth-order valence-corrected chi connectivity index (χ4v) is 4.14. The average molecular weight is 398 g/mol. The molecule has 3 rings (SSSR count). The van der Waals surface area contributed by atoms with Crippen molar-refractivity contribution in [1.82, 2.24) is 4.90 Å². The van der Waals surface area contributed by atoms with Gasteiger partial charge in [0.05, 0.1) is 17.1 Å². The Bertz CT molecular complexity index is 651. The highest BCUT2D eigenvalue weighted by molar-refractivity contribution is 9.10. The van der Waals surface area contributed by atoms with Gasteiger partial charge in [-0.3, -0.25) is 0 Å². The summed E-state index contributed by atoms with van der Waals surface area (Å²) in [6, 6.07) is 1.75. The van der Waals surface area contributed by atoms with Gasteiger partial charge in [-0.25, -0.2) is 4.79 Å². The smallest absolute Gasteiger partial charge is 0.338 e. The monoisotopic (exact) mass is 397 g/mol. The molecule has 0 amide bonds. The number of hydrogen-bond acceptors (Lipinski definition) is 5. The normalized spacial score (nSPS) is 25.3. The van der Waals surface area contributed by atoms with Crippen LogP contribution >= 0.6 is 15.9 Å². The van der Waals surface area contributed by atoms with Crippen LogP contribution in [0.15, 0.2) is 10.5 Å². The maximum absolute atomic E-state index is 12.0. The Hall–Kier alpha value is -1.27. The highest BCUT2D eigenvalue weighted by Gasteiger charge is 2.46. The first kappa shape index (κ1) is 17.5. The van der Waals surface area contributed by atoms with Gasteiger partial charge < -0.3 is 19.1 Å². The number of rotatable bonds is 3. The van der Waals surface area contributed by atoms with Crippen LogP contribution in [0.3, 0.4) is 0 Å². The van der Waals surface area contributed by atoms with Crippen molar-refractivity contribution >= 4 is 21.9 Å². The van der Waals surface area contributed by atoms with E-state index in [0.717, 1.165) is 42.3 Å². The third kappa shape index (κ3) is 3.14. The average Bonchev–Trinajstić information content (AvgIpc) is 2.92. The van der Waals surface area contributed by atoms with E-state index >= 15 is 0 Å². The maximum atomic E-state index is 12.0. The summed E-state index contributed by atoms with van der Waals surface area (Å²) >= 11 is 3.50. The van der Waals surface area contributed by atoms with Crippen LogP contribution in [0.2, 0.25) is 0 Å². The number of hydrogen-bond donors (Lipinski definition) is 0. The van der Waals surface area contributed by atoms with Gasteiger partial charge in [-0.2, -0.15) is 0 Å². The van der Waals surface area contributed by atoms with E-state index in [-0.39, 0.29) is 5.97 Å². The topological polar surface area (TPSA) is 48.0 Å². The molecule has 1 heterocycles. The predicted octanol–water partition coefficient (Wildman–Crippen LogP) is 3.76. The number of ether oxygens (including phenoxy) is 3. The van der Waals surface area contributed by atoms with Gasteiger partial charge >= 0.3 is 5.97 Å². The molecule has 0 atom stereocenters. The van der Waals surface area contributed by atoms with Crippen LogP contribution in [-0.2, 0) is 4.74 Å². The summed E-state index contributed by atoms with van der Waals surface area (Å²) in [6.07, 6.45) is 3.87. The minimum atomic E-state index is -0.590. The zero-order valence-corrected chi connectivity index (χ0v) is 16.2. The summed E-state index contributed by atoms with van der Waals surface area (Å²) in [5.41, 5.74) is 1.28. The molecule has 132 valence electrons. The van der Waals surface area contributed by atoms with Crippen molar-refractivity contribution in [3.8, 4) is 11.5 Å². The third-order valence-corrected chi connectivity index (χ3v) is 5.50. The predicted molar refractivity (Wildman–Crippen MR) is 94.7 cm³/mol. The van der Waals surface area contributed by atoms with E-state index in [9.17, 15) is 4.79 Å². The van der Waals surface area contributed by atoms with Gasteiger partial charge in [-0.1, -0.05) is 0 Å². The van der Waals surface area contributed by atoms with Crippen molar-refractivity contribution < 1.29 is 19.0 Å². The van der Waals surface area contributed by atoms with Crippen LogP contribution in [0.25, 0.3) is 0 Å². The highest BCUT2D eigenvalue weighted by atomic mass is 79.9. The number of carbonyl (C=O) groups is 1. The number of carbonyl (C=O) groups excluding carboxylic acids is 1. The molecule has 5 nitrogen and oxygen atoms in total. The Morgan fingerprint density at radius 2 is 1.96 bits per heavy atom. The van der Waals surface area contributed by atoms with E-state index in [0.29, 0.717) is 23.0 Å². The van der Waals surface area contributed by atoms with Gasteiger partial charge in [0.1, 0.15) is 0 Å². The second-order valence-electron chi connectivity index (χ2n) is 7.00. The van der Waals surface area contributed by atoms with Crippen molar-refractivity contribution in [2.45, 2.75) is 38.4 Å². The van der Waals surface area contributed by atoms with Gasteiger partial charge in [-0.15, -0.1) is 0 Å². The Balaban J connectivity index is 1.81. The Morgan fingerprint density at radius 3 is 2.54 bits per heavy atom. The second kappa shape index (κ2) is 6.56. The van der Waals surface area contributed by atoms with Gasteiger partial charge in [0.25, 0.3) is 5.79 Å². The maximum Gasteiger partial charge on any atom is 0.338 e. The quantitative estimate of drug-likeness (QED) is 0.726. The zero-order chi connectivity index (χ0) is 17.5. The SMILES string of the molecule is COC(=O)c1cc(Br)c2c(c1C)OC1(CCC(CN(C)C)CC1)O2. The van der Waals surface area contributed by atoms with Crippen LogP contribution in [-0.4, -0.2) is 44.4 Å². The third-order valence-electron chi connectivity index (χ3n) is 4.91. The van der Waals surface area contributed by atoms with Crippen LogP contribution in [0, 0.1) is 12.8 Å². The first-order chi connectivity index (χ1) is 11.3. The largest absolute Gasteiger partial charge is 0.465 e. The molecular formula is C18H24BrNO4.